The summed E-state index contributed by atoms with van der Waals surface area (Å²) in [5.74, 6) is 0. The van der Waals surface area contributed by atoms with Crippen molar-refractivity contribution in [1.29, 1.82) is 0 Å². The predicted octanol–water partition coefficient (Wildman–Crippen LogP) is 1.81. The van der Waals surface area contributed by atoms with E-state index in [1.807, 2.05) is 0 Å². The van der Waals surface area contributed by atoms with Crippen LogP contribution in [-0.2, 0) is 6.54 Å². The van der Waals surface area contributed by atoms with E-state index >= 15 is 0 Å². The molecule has 0 bridgehead atoms. The first-order chi connectivity index (χ1) is 6.88. The van der Waals surface area contributed by atoms with Crippen LogP contribution < -0.4 is 5.32 Å². The Morgan fingerprint density at radius 2 is 2.07 bits per heavy atom. The molecule has 1 rings (SSSR count). The molecule has 1 N–H and O–H groups in total. The summed E-state index contributed by atoms with van der Waals surface area (Å²) in [4.78, 5) is 0. The van der Waals surface area contributed by atoms with Gasteiger partial charge in [0.25, 0.3) is 0 Å². The average Bonchev–Trinajstić information content (AvgIpc) is 2.44. The lowest BCUT2D eigenvalue weighted by Gasteiger charge is -2.14. The van der Waals surface area contributed by atoms with Gasteiger partial charge in [-0.15, -0.1) is 0 Å². The number of alkyl halides is 3. The van der Waals surface area contributed by atoms with Gasteiger partial charge in [0, 0.05) is 12.6 Å². The second-order valence-corrected chi connectivity index (χ2v) is 3.40. The minimum Gasteiger partial charge on any atom is -0.308 e. The van der Waals surface area contributed by atoms with Crippen LogP contribution in [0.15, 0.2) is 4.63 Å². The molecule has 0 saturated heterocycles. The van der Waals surface area contributed by atoms with Crippen LogP contribution >= 0.6 is 0 Å². The number of nitrogens with one attached hydrogen (secondary N) is 1. The Morgan fingerprint density at radius 1 is 1.40 bits per heavy atom. The molecule has 0 radical (unpaired) electrons. The van der Waals surface area contributed by atoms with Crippen molar-refractivity contribution in [3.8, 4) is 0 Å². The first kappa shape index (κ1) is 12.0. The van der Waals surface area contributed by atoms with Gasteiger partial charge in [-0.2, -0.15) is 13.2 Å². The number of aromatic nitrogens is 2. The van der Waals surface area contributed by atoms with E-state index in [0.29, 0.717) is 11.4 Å². The van der Waals surface area contributed by atoms with Crippen LogP contribution in [0.2, 0.25) is 0 Å². The van der Waals surface area contributed by atoms with Gasteiger partial charge < -0.3 is 5.32 Å². The third-order valence-corrected chi connectivity index (χ3v) is 1.90. The van der Waals surface area contributed by atoms with Crippen LogP contribution in [0.1, 0.15) is 24.7 Å². The predicted molar refractivity (Wildman–Crippen MR) is 46.0 cm³/mol. The molecule has 0 aliphatic rings. The fourth-order valence-corrected chi connectivity index (χ4v) is 1.10. The van der Waals surface area contributed by atoms with Gasteiger partial charge in [-0.3, -0.25) is 0 Å². The number of halogens is 3. The van der Waals surface area contributed by atoms with E-state index in [2.05, 4.69) is 20.3 Å². The van der Waals surface area contributed by atoms with Crippen molar-refractivity contribution in [3.05, 3.63) is 11.4 Å². The van der Waals surface area contributed by atoms with Crippen molar-refractivity contribution in [2.45, 2.75) is 39.0 Å². The number of hydrogen-bond donors (Lipinski definition) is 1. The maximum atomic E-state index is 12.0. The summed E-state index contributed by atoms with van der Waals surface area (Å²) in [6.45, 7) is 3.38. The van der Waals surface area contributed by atoms with Gasteiger partial charge >= 0.3 is 6.18 Å². The van der Waals surface area contributed by atoms with Gasteiger partial charge in [0.05, 0.1) is 6.42 Å². The van der Waals surface area contributed by atoms with E-state index in [0.717, 1.165) is 0 Å². The molecule has 1 aromatic heterocycles. The van der Waals surface area contributed by atoms with Gasteiger partial charge in [-0.1, -0.05) is 10.3 Å². The van der Waals surface area contributed by atoms with Crippen LogP contribution in [0, 0.1) is 6.92 Å². The number of nitrogens with zero attached hydrogens (tertiary/aromatic N) is 2. The summed E-state index contributed by atoms with van der Waals surface area (Å²) >= 11 is 0. The minimum atomic E-state index is -4.15. The molecule has 0 amide bonds. The molecule has 0 aliphatic carbocycles. The quantitative estimate of drug-likeness (QED) is 0.845. The zero-order valence-electron chi connectivity index (χ0n) is 8.43. The van der Waals surface area contributed by atoms with Crippen LogP contribution in [0.5, 0.6) is 0 Å². The van der Waals surface area contributed by atoms with Crippen molar-refractivity contribution < 1.29 is 17.8 Å². The van der Waals surface area contributed by atoms with E-state index in [-0.39, 0.29) is 6.54 Å². The van der Waals surface area contributed by atoms with Gasteiger partial charge in [-0.25, -0.2) is 4.63 Å². The highest BCUT2D eigenvalue weighted by atomic mass is 19.4. The van der Waals surface area contributed by atoms with E-state index < -0.39 is 18.6 Å². The Bertz CT molecular complexity index is 310. The molecule has 1 atom stereocenters. The second kappa shape index (κ2) is 4.61. The zero-order valence-corrected chi connectivity index (χ0v) is 8.43. The highest BCUT2D eigenvalue weighted by Gasteiger charge is 2.29. The van der Waals surface area contributed by atoms with Crippen molar-refractivity contribution >= 4 is 0 Å². The van der Waals surface area contributed by atoms with E-state index in [9.17, 15) is 13.2 Å². The van der Waals surface area contributed by atoms with Gasteiger partial charge in [0.15, 0.2) is 0 Å². The monoisotopic (exact) mass is 223 g/mol. The number of rotatable bonds is 4. The fraction of sp³-hybridized carbons (Fsp3) is 0.750. The molecular weight excluding hydrogens is 211 g/mol. The van der Waals surface area contributed by atoms with Crippen molar-refractivity contribution in [3.63, 3.8) is 0 Å². The number of aryl methyl sites for hydroxylation is 1. The lowest BCUT2D eigenvalue weighted by atomic mass is 10.2. The first-order valence-electron chi connectivity index (χ1n) is 4.46. The standard InChI is InChI=1S/C8H12F3N3O/c1-5(3-8(9,10)11)12-4-7-6(2)13-15-14-7/h5,12H,3-4H2,1-2H3. The van der Waals surface area contributed by atoms with E-state index in [4.69, 9.17) is 0 Å². The maximum Gasteiger partial charge on any atom is 0.390 e. The molecule has 0 saturated carbocycles. The summed E-state index contributed by atoms with van der Waals surface area (Å²) in [5, 5.41) is 9.78. The Labute approximate surface area is 84.8 Å². The average molecular weight is 223 g/mol. The van der Waals surface area contributed by atoms with Crippen molar-refractivity contribution in [2.75, 3.05) is 0 Å². The normalized spacial score (nSPS) is 14.2. The van der Waals surface area contributed by atoms with Gasteiger partial charge in [0.2, 0.25) is 0 Å². The molecule has 1 heterocycles. The number of hydrogen-bond acceptors (Lipinski definition) is 4. The minimum absolute atomic E-state index is 0.229. The lowest BCUT2D eigenvalue weighted by Crippen LogP contribution is -2.31. The third kappa shape index (κ3) is 4.28. The fourth-order valence-electron chi connectivity index (χ4n) is 1.10. The summed E-state index contributed by atoms with van der Waals surface area (Å²) in [5.41, 5.74) is 1.12. The molecule has 1 unspecified atom stereocenters. The second-order valence-electron chi connectivity index (χ2n) is 3.40. The summed E-state index contributed by atoms with van der Waals surface area (Å²) < 4.78 is 40.3. The van der Waals surface area contributed by atoms with Crippen molar-refractivity contribution in [2.24, 2.45) is 0 Å². The molecule has 0 spiro atoms. The van der Waals surface area contributed by atoms with Crippen LogP contribution in [-0.4, -0.2) is 22.5 Å². The highest BCUT2D eigenvalue weighted by molar-refractivity contribution is 5.03. The molecule has 7 heteroatoms. The van der Waals surface area contributed by atoms with Crippen molar-refractivity contribution in [1.82, 2.24) is 15.6 Å². The Balaban J connectivity index is 2.35. The molecule has 86 valence electrons. The molecule has 0 aliphatic heterocycles. The van der Waals surface area contributed by atoms with E-state index in [1.165, 1.54) is 6.92 Å². The largest absolute Gasteiger partial charge is 0.390 e. The summed E-state index contributed by atoms with van der Waals surface area (Å²) in [7, 11) is 0. The Hall–Kier alpha value is -1.11. The molecular formula is C8H12F3N3O. The summed E-state index contributed by atoms with van der Waals surface area (Å²) in [6.07, 6.45) is -5.01. The van der Waals surface area contributed by atoms with Gasteiger partial charge in [-0.05, 0) is 13.8 Å². The van der Waals surface area contributed by atoms with Crippen LogP contribution in [0.25, 0.3) is 0 Å². The topological polar surface area (TPSA) is 51.0 Å². The zero-order chi connectivity index (χ0) is 11.5. The molecule has 0 fully saturated rings. The first-order valence-corrected chi connectivity index (χ1v) is 4.46. The lowest BCUT2D eigenvalue weighted by molar-refractivity contribution is -0.139. The van der Waals surface area contributed by atoms with Gasteiger partial charge in [0.1, 0.15) is 11.4 Å². The summed E-state index contributed by atoms with van der Waals surface area (Å²) in [6, 6.07) is -0.652. The van der Waals surface area contributed by atoms with E-state index in [1.54, 1.807) is 6.92 Å². The maximum absolute atomic E-state index is 12.0. The Morgan fingerprint density at radius 3 is 2.53 bits per heavy atom. The molecule has 1 aromatic rings. The highest BCUT2D eigenvalue weighted by Crippen LogP contribution is 2.21. The van der Waals surface area contributed by atoms with Crippen LogP contribution in [0.4, 0.5) is 13.2 Å². The Kier molecular flexibility index (Phi) is 3.67. The molecule has 15 heavy (non-hydrogen) atoms. The van der Waals surface area contributed by atoms with Crippen LogP contribution in [0.3, 0.4) is 0 Å². The molecule has 0 aromatic carbocycles. The SMILES string of the molecule is Cc1nonc1CNC(C)CC(F)(F)F. The third-order valence-electron chi connectivity index (χ3n) is 1.90. The molecule has 4 nitrogen and oxygen atoms in total. The smallest absolute Gasteiger partial charge is 0.308 e.